The van der Waals surface area contributed by atoms with Crippen molar-refractivity contribution in [3.05, 3.63) is 0 Å². The number of rotatable bonds is 5. The highest BCUT2D eigenvalue weighted by Crippen LogP contribution is 2.35. The summed E-state index contributed by atoms with van der Waals surface area (Å²) in [4.78, 5) is 0. The lowest BCUT2D eigenvalue weighted by molar-refractivity contribution is 0.0698. The third kappa shape index (κ3) is 5.31. The minimum Gasteiger partial charge on any atom is -0.188 e. The Morgan fingerprint density at radius 3 is 2.08 bits per heavy atom. The van der Waals surface area contributed by atoms with Crippen molar-refractivity contribution in [1.29, 1.82) is 0 Å². The van der Waals surface area contributed by atoms with Gasteiger partial charge in [-0.3, -0.25) is 0 Å². The van der Waals surface area contributed by atoms with Gasteiger partial charge in [-0.25, -0.2) is 0 Å². The molecular weight excluding hydrogens is 249 g/mol. The molecule has 0 nitrogen and oxygen atoms in total. The van der Waals surface area contributed by atoms with Crippen LogP contribution in [0, 0.1) is 5.41 Å². The molecule has 0 aliphatic heterocycles. The number of hydrogen-bond acceptors (Lipinski definition) is 0. The van der Waals surface area contributed by atoms with Gasteiger partial charge in [0.05, 0.1) is 0 Å². The first-order valence-corrected chi connectivity index (χ1v) is 5.45. The van der Waals surface area contributed by atoms with E-state index in [2.05, 4.69) is 15.9 Å². The van der Waals surface area contributed by atoms with E-state index in [1.54, 1.807) is 0 Å². The third-order valence-corrected chi connectivity index (χ3v) is 3.73. The van der Waals surface area contributed by atoms with E-state index in [9.17, 15) is 8.78 Å². The van der Waals surface area contributed by atoms with E-state index in [0.717, 1.165) is 11.8 Å². The summed E-state index contributed by atoms with van der Waals surface area (Å²) in [6, 6.07) is 0. The molecule has 0 rings (SSSR count). The standard InChI is InChI=1S/C8H14BrClF2/c1-3-7(2,6-9)4-5-8(10,11)12/h3-6H2,1-2H3. The van der Waals surface area contributed by atoms with Crippen LogP contribution in [0.5, 0.6) is 0 Å². The van der Waals surface area contributed by atoms with Gasteiger partial charge in [-0.05, 0) is 29.9 Å². The lowest BCUT2D eigenvalue weighted by atomic mass is 9.85. The van der Waals surface area contributed by atoms with E-state index in [4.69, 9.17) is 11.6 Å². The van der Waals surface area contributed by atoms with Gasteiger partial charge in [-0.1, -0.05) is 29.8 Å². The highest BCUT2D eigenvalue weighted by molar-refractivity contribution is 9.09. The van der Waals surface area contributed by atoms with Crippen LogP contribution in [0.2, 0.25) is 0 Å². The van der Waals surface area contributed by atoms with Crippen LogP contribution in [0.3, 0.4) is 0 Å². The molecule has 0 spiro atoms. The molecule has 0 aromatic heterocycles. The highest BCUT2D eigenvalue weighted by atomic mass is 79.9. The van der Waals surface area contributed by atoms with Crippen LogP contribution in [-0.2, 0) is 0 Å². The van der Waals surface area contributed by atoms with Crippen LogP contribution in [-0.4, -0.2) is 10.7 Å². The molecule has 1 atom stereocenters. The number of halogens is 4. The van der Waals surface area contributed by atoms with Gasteiger partial charge in [0, 0.05) is 11.8 Å². The maximum absolute atomic E-state index is 12.3. The molecule has 0 radical (unpaired) electrons. The molecular formula is C8H14BrClF2. The second kappa shape index (κ2) is 4.75. The van der Waals surface area contributed by atoms with Gasteiger partial charge in [0.1, 0.15) is 0 Å². The predicted molar refractivity (Wildman–Crippen MR) is 52.2 cm³/mol. The van der Waals surface area contributed by atoms with E-state index in [1.807, 2.05) is 13.8 Å². The monoisotopic (exact) mass is 262 g/mol. The van der Waals surface area contributed by atoms with E-state index >= 15 is 0 Å². The molecule has 0 amide bonds. The molecule has 1 unspecified atom stereocenters. The molecule has 4 heteroatoms. The fourth-order valence-corrected chi connectivity index (χ4v) is 1.55. The summed E-state index contributed by atoms with van der Waals surface area (Å²) < 4.78 is 24.6. The van der Waals surface area contributed by atoms with Crippen LogP contribution in [0.4, 0.5) is 8.78 Å². The summed E-state index contributed by atoms with van der Waals surface area (Å²) in [6.45, 7) is 3.97. The molecule has 0 aromatic rings. The zero-order chi connectivity index (χ0) is 9.83. The average molecular weight is 264 g/mol. The van der Waals surface area contributed by atoms with Crippen LogP contribution >= 0.6 is 27.5 Å². The Morgan fingerprint density at radius 2 is 1.83 bits per heavy atom. The second-order valence-electron chi connectivity index (χ2n) is 3.41. The van der Waals surface area contributed by atoms with Crippen molar-refractivity contribution in [3.63, 3.8) is 0 Å². The first-order valence-electron chi connectivity index (χ1n) is 3.96. The van der Waals surface area contributed by atoms with E-state index in [-0.39, 0.29) is 11.8 Å². The molecule has 0 saturated heterocycles. The Kier molecular flexibility index (Phi) is 5.00. The Bertz CT molecular complexity index is 130. The predicted octanol–water partition coefficient (Wildman–Crippen LogP) is 4.41. The summed E-state index contributed by atoms with van der Waals surface area (Å²) in [5, 5.41) is -2.30. The Balaban J connectivity index is 3.89. The molecule has 12 heavy (non-hydrogen) atoms. The zero-order valence-electron chi connectivity index (χ0n) is 7.34. The van der Waals surface area contributed by atoms with Crippen molar-refractivity contribution >= 4 is 27.5 Å². The Labute approximate surface area is 85.8 Å². The minimum absolute atomic E-state index is 0.0572. The largest absolute Gasteiger partial charge is 0.321 e. The van der Waals surface area contributed by atoms with Gasteiger partial charge in [-0.2, -0.15) is 8.78 Å². The fourth-order valence-electron chi connectivity index (χ4n) is 0.782. The van der Waals surface area contributed by atoms with Gasteiger partial charge in [0.2, 0.25) is 0 Å². The van der Waals surface area contributed by atoms with Crippen molar-refractivity contribution in [2.75, 3.05) is 5.33 Å². The molecule has 0 aliphatic carbocycles. The Hall–Kier alpha value is 0.630. The van der Waals surface area contributed by atoms with Crippen molar-refractivity contribution in [2.45, 2.75) is 38.5 Å². The smallest absolute Gasteiger partial charge is 0.188 e. The van der Waals surface area contributed by atoms with Gasteiger partial charge in [0.25, 0.3) is 0 Å². The maximum Gasteiger partial charge on any atom is 0.321 e. The summed E-state index contributed by atoms with van der Waals surface area (Å²) in [6.07, 6.45) is 1.08. The lowest BCUT2D eigenvalue weighted by Gasteiger charge is -2.26. The van der Waals surface area contributed by atoms with Gasteiger partial charge in [0.15, 0.2) is 0 Å². The van der Waals surface area contributed by atoms with E-state index in [0.29, 0.717) is 6.42 Å². The van der Waals surface area contributed by atoms with E-state index < -0.39 is 5.38 Å². The summed E-state index contributed by atoms with van der Waals surface area (Å²) >= 11 is 8.12. The molecule has 0 saturated carbocycles. The fraction of sp³-hybridized carbons (Fsp3) is 1.00. The molecule has 0 aromatic carbocycles. The van der Waals surface area contributed by atoms with Crippen molar-refractivity contribution in [3.8, 4) is 0 Å². The van der Waals surface area contributed by atoms with Gasteiger partial charge >= 0.3 is 5.38 Å². The first kappa shape index (κ1) is 12.6. The SMILES string of the molecule is CCC(C)(CBr)CCC(F)(F)Cl. The minimum atomic E-state index is -3.04. The van der Waals surface area contributed by atoms with Crippen LogP contribution in [0.1, 0.15) is 33.1 Å². The normalized spacial score (nSPS) is 17.5. The number of hydrogen-bond donors (Lipinski definition) is 0. The van der Waals surface area contributed by atoms with Crippen LogP contribution < -0.4 is 0 Å². The highest BCUT2D eigenvalue weighted by Gasteiger charge is 2.30. The molecule has 0 fully saturated rings. The quantitative estimate of drug-likeness (QED) is 0.645. The summed E-state index contributed by atoms with van der Waals surface area (Å²) in [5.74, 6) is 0. The maximum atomic E-state index is 12.3. The Morgan fingerprint density at radius 1 is 1.33 bits per heavy atom. The first-order chi connectivity index (χ1) is 5.33. The van der Waals surface area contributed by atoms with Crippen LogP contribution in [0.25, 0.3) is 0 Å². The molecule has 74 valence electrons. The summed E-state index contributed by atoms with van der Waals surface area (Å²) in [5.41, 5.74) is -0.0572. The lowest BCUT2D eigenvalue weighted by Crippen LogP contribution is -2.20. The second-order valence-corrected chi connectivity index (χ2v) is 4.53. The van der Waals surface area contributed by atoms with Crippen molar-refractivity contribution in [1.82, 2.24) is 0 Å². The van der Waals surface area contributed by atoms with Crippen molar-refractivity contribution < 1.29 is 8.78 Å². The molecule has 0 heterocycles. The summed E-state index contributed by atoms with van der Waals surface area (Å²) in [7, 11) is 0. The van der Waals surface area contributed by atoms with Gasteiger partial charge < -0.3 is 0 Å². The van der Waals surface area contributed by atoms with Gasteiger partial charge in [-0.15, -0.1) is 0 Å². The molecule has 0 bridgehead atoms. The van der Waals surface area contributed by atoms with Crippen molar-refractivity contribution in [2.24, 2.45) is 5.41 Å². The molecule has 0 N–H and O–H groups in total. The zero-order valence-corrected chi connectivity index (χ0v) is 9.68. The topological polar surface area (TPSA) is 0 Å². The molecule has 0 aliphatic rings. The average Bonchev–Trinajstić information content (AvgIpc) is 1.99. The third-order valence-electron chi connectivity index (χ3n) is 2.19. The van der Waals surface area contributed by atoms with Crippen LogP contribution in [0.15, 0.2) is 0 Å². The number of alkyl halides is 4. The van der Waals surface area contributed by atoms with E-state index in [1.165, 1.54) is 0 Å².